The Morgan fingerprint density at radius 3 is 2.66 bits per heavy atom. The first-order valence-corrected chi connectivity index (χ1v) is 11.0. The molecule has 0 saturated carbocycles. The lowest BCUT2D eigenvalue weighted by Crippen LogP contribution is -2.42. The number of aromatic nitrogens is 2. The summed E-state index contributed by atoms with van der Waals surface area (Å²) < 4.78 is 47.8. The summed E-state index contributed by atoms with van der Waals surface area (Å²) in [6.45, 7) is 2.13. The predicted octanol–water partition coefficient (Wildman–Crippen LogP) is 1.43. The fraction of sp³-hybridized carbons (Fsp3) is 0.444. The van der Waals surface area contributed by atoms with E-state index in [4.69, 9.17) is 16.3 Å². The van der Waals surface area contributed by atoms with Crippen LogP contribution in [0.1, 0.15) is 21.7 Å². The van der Waals surface area contributed by atoms with Gasteiger partial charge in [-0.2, -0.15) is 9.40 Å². The molecule has 2 aromatic rings. The molecular weight excluding hydrogens is 423 g/mol. The van der Waals surface area contributed by atoms with E-state index in [1.54, 1.807) is 16.6 Å². The minimum Gasteiger partial charge on any atom is -0.378 e. The molecular formula is C18H20ClFN4O4S. The maximum Gasteiger partial charge on any atom is 0.274 e. The summed E-state index contributed by atoms with van der Waals surface area (Å²) in [7, 11) is -2.15. The Morgan fingerprint density at radius 1 is 1.24 bits per heavy atom. The average Bonchev–Trinajstić information content (AvgIpc) is 3.06. The van der Waals surface area contributed by atoms with Crippen molar-refractivity contribution in [1.29, 1.82) is 0 Å². The van der Waals surface area contributed by atoms with Gasteiger partial charge in [-0.15, -0.1) is 0 Å². The van der Waals surface area contributed by atoms with Gasteiger partial charge in [0.1, 0.15) is 5.82 Å². The van der Waals surface area contributed by atoms with Gasteiger partial charge in [-0.25, -0.2) is 12.8 Å². The Bertz CT molecular complexity index is 1070. The SMILES string of the molecule is Cn1nc(C(=O)N2CCOCC2)c2c1CCN(S(=O)(=O)c1ccc(F)c(Cl)c1)C2. The number of carbonyl (C=O) groups is 1. The topological polar surface area (TPSA) is 84.7 Å². The van der Waals surface area contributed by atoms with Crippen molar-refractivity contribution in [3.8, 4) is 0 Å². The molecule has 156 valence electrons. The molecule has 0 radical (unpaired) electrons. The number of rotatable bonds is 3. The van der Waals surface area contributed by atoms with Gasteiger partial charge < -0.3 is 9.64 Å². The molecule has 0 bridgehead atoms. The zero-order chi connectivity index (χ0) is 20.8. The summed E-state index contributed by atoms with van der Waals surface area (Å²) in [6, 6.07) is 3.32. The third-order valence-electron chi connectivity index (χ3n) is 5.24. The number of ether oxygens (including phenoxy) is 1. The van der Waals surface area contributed by atoms with Crippen molar-refractivity contribution in [2.24, 2.45) is 7.05 Å². The Labute approximate surface area is 172 Å². The van der Waals surface area contributed by atoms with Gasteiger partial charge >= 0.3 is 0 Å². The van der Waals surface area contributed by atoms with Gasteiger partial charge in [0.25, 0.3) is 5.91 Å². The lowest BCUT2D eigenvalue weighted by Gasteiger charge is -2.29. The van der Waals surface area contributed by atoms with Crippen molar-refractivity contribution in [3.63, 3.8) is 0 Å². The molecule has 3 heterocycles. The molecule has 2 aliphatic heterocycles. The molecule has 29 heavy (non-hydrogen) atoms. The fourth-order valence-corrected chi connectivity index (χ4v) is 5.33. The van der Waals surface area contributed by atoms with Crippen molar-refractivity contribution in [3.05, 3.63) is 46.0 Å². The zero-order valence-corrected chi connectivity index (χ0v) is 17.3. The van der Waals surface area contributed by atoms with Crippen LogP contribution in [0.15, 0.2) is 23.1 Å². The highest BCUT2D eigenvalue weighted by Gasteiger charge is 2.35. The predicted molar refractivity (Wildman–Crippen MR) is 103 cm³/mol. The number of halogens is 2. The second-order valence-electron chi connectivity index (χ2n) is 6.97. The molecule has 1 saturated heterocycles. The Morgan fingerprint density at radius 2 is 1.97 bits per heavy atom. The number of amides is 1. The van der Waals surface area contributed by atoms with E-state index in [0.29, 0.717) is 38.3 Å². The lowest BCUT2D eigenvalue weighted by atomic mass is 10.1. The molecule has 8 nitrogen and oxygen atoms in total. The maximum atomic E-state index is 13.4. The Balaban J connectivity index is 1.65. The first kappa shape index (κ1) is 20.3. The van der Waals surface area contributed by atoms with Gasteiger partial charge in [0.15, 0.2) is 5.69 Å². The van der Waals surface area contributed by atoms with Crippen molar-refractivity contribution >= 4 is 27.5 Å². The monoisotopic (exact) mass is 442 g/mol. The molecule has 4 rings (SSSR count). The second kappa shape index (κ2) is 7.67. The molecule has 1 fully saturated rings. The molecule has 0 aliphatic carbocycles. The van der Waals surface area contributed by atoms with Crippen molar-refractivity contribution in [2.75, 3.05) is 32.8 Å². The molecule has 1 aromatic heterocycles. The molecule has 11 heteroatoms. The summed E-state index contributed by atoms with van der Waals surface area (Å²) in [6.07, 6.45) is 0.420. The number of nitrogens with zero attached hydrogens (tertiary/aromatic N) is 4. The number of fused-ring (bicyclic) bond motifs is 1. The molecule has 1 amide bonds. The van der Waals surface area contributed by atoms with Gasteiger partial charge in [-0.3, -0.25) is 9.48 Å². The average molecular weight is 443 g/mol. The zero-order valence-electron chi connectivity index (χ0n) is 15.8. The normalized spacial score (nSPS) is 18.0. The van der Waals surface area contributed by atoms with E-state index in [2.05, 4.69) is 5.10 Å². The summed E-state index contributed by atoms with van der Waals surface area (Å²) >= 11 is 5.76. The number of carbonyl (C=O) groups excluding carboxylic acids is 1. The summed E-state index contributed by atoms with van der Waals surface area (Å²) in [5.41, 5.74) is 1.71. The van der Waals surface area contributed by atoms with E-state index in [1.165, 1.54) is 10.4 Å². The van der Waals surface area contributed by atoms with E-state index < -0.39 is 15.8 Å². The van der Waals surface area contributed by atoms with Crippen LogP contribution >= 0.6 is 11.6 Å². The van der Waals surface area contributed by atoms with Gasteiger partial charge in [-0.05, 0) is 18.2 Å². The molecule has 0 atom stereocenters. The van der Waals surface area contributed by atoms with Crippen LogP contribution in [0.5, 0.6) is 0 Å². The smallest absolute Gasteiger partial charge is 0.274 e. The van der Waals surface area contributed by atoms with Crippen molar-refractivity contribution in [1.82, 2.24) is 19.0 Å². The largest absolute Gasteiger partial charge is 0.378 e. The first-order chi connectivity index (χ1) is 13.8. The van der Waals surface area contributed by atoms with Crippen LogP contribution in [-0.2, 0) is 34.8 Å². The fourth-order valence-electron chi connectivity index (χ4n) is 3.65. The van der Waals surface area contributed by atoms with Crippen LogP contribution in [0.2, 0.25) is 5.02 Å². The summed E-state index contributed by atoms with van der Waals surface area (Å²) in [5.74, 6) is -0.911. The maximum absolute atomic E-state index is 13.4. The molecule has 0 spiro atoms. The van der Waals surface area contributed by atoms with Gasteiger partial charge in [0.2, 0.25) is 10.0 Å². The van der Waals surface area contributed by atoms with Gasteiger partial charge in [-0.1, -0.05) is 11.6 Å². The summed E-state index contributed by atoms with van der Waals surface area (Å²) in [5, 5.41) is 4.12. The van der Waals surface area contributed by atoms with Crippen LogP contribution in [0.25, 0.3) is 0 Å². The Hall–Kier alpha value is -2.01. The van der Waals surface area contributed by atoms with Crippen LogP contribution in [0.3, 0.4) is 0 Å². The molecule has 2 aliphatic rings. The van der Waals surface area contributed by atoms with E-state index >= 15 is 0 Å². The number of benzene rings is 1. The Kier molecular flexibility index (Phi) is 5.36. The van der Waals surface area contributed by atoms with E-state index in [1.807, 2.05) is 0 Å². The third-order valence-corrected chi connectivity index (χ3v) is 7.37. The lowest BCUT2D eigenvalue weighted by molar-refractivity contribution is 0.0297. The number of aryl methyl sites for hydroxylation is 1. The number of hydrogen-bond acceptors (Lipinski definition) is 5. The highest BCUT2D eigenvalue weighted by atomic mass is 35.5. The molecule has 0 N–H and O–H groups in total. The van der Waals surface area contributed by atoms with Crippen LogP contribution in [-0.4, -0.2) is 66.2 Å². The second-order valence-corrected chi connectivity index (χ2v) is 9.31. The minimum absolute atomic E-state index is 0.0198. The molecule has 1 aromatic carbocycles. The van der Waals surface area contributed by atoms with Crippen LogP contribution in [0, 0.1) is 5.82 Å². The number of hydrogen-bond donors (Lipinski definition) is 0. The minimum atomic E-state index is -3.90. The highest BCUT2D eigenvalue weighted by Crippen LogP contribution is 2.29. The van der Waals surface area contributed by atoms with Gasteiger partial charge in [0, 0.05) is 50.9 Å². The first-order valence-electron chi connectivity index (χ1n) is 9.16. The standard InChI is InChI=1S/C18H20ClFN4O4S/c1-22-16-4-5-24(29(26,27)12-2-3-15(20)14(19)10-12)11-13(16)17(21-22)18(25)23-6-8-28-9-7-23/h2-3,10H,4-9,11H2,1H3. The summed E-state index contributed by atoms with van der Waals surface area (Å²) in [4.78, 5) is 14.5. The van der Waals surface area contributed by atoms with Crippen molar-refractivity contribution in [2.45, 2.75) is 17.9 Å². The van der Waals surface area contributed by atoms with Crippen LogP contribution in [0.4, 0.5) is 4.39 Å². The van der Waals surface area contributed by atoms with Crippen molar-refractivity contribution < 1.29 is 22.3 Å². The van der Waals surface area contributed by atoms with E-state index in [-0.39, 0.29) is 34.6 Å². The van der Waals surface area contributed by atoms with Crippen LogP contribution < -0.4 is 0 Å². The third kappa shape index (κ3) is 3.65. The number of morpholine rings is 1. The van der Waals surface area contributed by atoms with E-state index in [0.717, 1.165) is 17.8 Å². The van der Waals surface area contributed by atoms with Gasteiger partial charge in [0.05, 0.1) is 23.1 Å². The van der Waals surface area contributed by atoms with E-state index in [9.17, 15) is 17.6 Å². The molecule has 0 unspecified atom stereocenters. The quantitative estimate of drug-likeness (QED) is 0.718. The number of sulfonamides is 1. The highest BCUT2D eigenvalue weighted by molar-refractivity contribution is 7.89.